The monoisotopic (exact) mass is 276 g/mol. The summed E-state index contributed by atoms with van der Waals surface area (Å²) in [5, 5.41) is 12.8. The van der Waals surface area contributed by atoms with Gasteiger partial charge in [-0.05, 0) is 44.0 Å². The van der Waals surface area contributed by atoms with Crippen molar-refractivity contribution in [1.29, 1.82) is 0 Å². The number of carbonyl (C=O) groups is 1. The van der Waals surface area contributed by atoms with E-state index in [2.05, 4.69) is 36.3 Å². The van der Waals surface area contributed by atoms with E-state index in [0.717, 1.165) is 21.4 Å². The number of rotatable bonds is 4. The van der Waals surface area contributed by atoms with Crippen LogP contribution in [0.5, 0.6) is 0 Å². The molecule has 0 radical (unpaired) electrons. The third-order valence-electron chi connectivity index (χ3n) is 2.96. The van der Waals surface area contributed by atoms with Crippen LogP contribution in [0, 0.1) is 20.8 Å². The summed E-state index contributed by atoms with van der Waals surface area (Å²) in [5.41, 5.74) is 4.20. The number of aryl methyl sites for hydroxylation is 3. The summed E-state index contributed by atoms with van der Waals surface area (Å²) >= 11 is 1.39. The zero-order valence-electron chi connectivity index (χ0n) is 11.2. The molecule has 0 aliphatic heterocycles. The molecule has 4 nitrogen and oxygen atoms in total. The fourth-order valence-electron chi connectivity index (χ4n) is 1.73. The molecule has 2 N–H and O–H groups in total. The second-order valence-electron chi connectivity index (χ2n) is 4.52. The molecule has 0 aliphatic carbocycles. The van der Waals surface area contributed by atoms with E-state index < -0.39 is 5.97 Å². The van der Waals surface area contributed by atoms with E-state index in [4.69, 9.17) is 5.11 Å². The fourth-order valence-corrected chi connectivity index (χ4v) is 2.70. The van der Waals surface area contributed by atoms with Crippen molar-refractivity contribution >= 4 is 28.1 Å². The lowest BCUT2D eigenvalue weighted by molar-refractivity contribution is -0.136. The van der Waals surface area contributed by atoms with E-state index in [1.165, 1.54) is 22.5 Å². The lowest BCUT2D eigenvalue weighted by Gasteiger charge is -2.05. The SMILES string of the molecule is Cc1ccc(Nc2nc(C)c(CC(=O)O)s2)cc1C. The Morgan fingerprint density at radius 3 is 2.68 bits per heavy atom. The average molecular weight is 276 g/mol. The van der Waals surface area contributed by atoms with Crippen molar-refractivity contribution in [2.24, 2.45) is 0 Å². The molecule has 0 spiro atoms. The van der Waals surface area contributed by atoms with Gasteiger partial charge in [0.2, 0.25) is 0 Å². The molecule has 5 heteroatoms. The first-order valence-corrected chi connectivity index (χ1v) is 6.79. The number of aromatic nitrogens is 1. The zero-order valence-corrected chi connectivity index (χ0v) is 12.0. The summed E-state index contributed by atoms with van der Waals surface area (Å²) in [4.78, 5) is 15.9. The summed E-state index contributed by atoms with van der Waals surface area (Å²) in [6.07, 6.45) is 0.0259. The maximum Gasteiger partial charge on any atom is 0.308 e. The maximum absolute atomic E-state index is 10.7. The van der Waals surface area contributed by atoms with Crippen LogP contribution in [0.4, 0.5) is 10.8 Å². The first-order chi connectivity index (χ1) is 8.95. The van der Waals surface area contributed by atoms with Crippen LogP contribution < -0.4 is 5.32 Å². The standard InChI is InChI=1S/C14H16N2O2S/c1-8-4-5-11(6-9(8)2)16-14-15-10(3)12(19-14)7-13(17)18/h4-6H,7H2,1-3H3,(H,15,16)(H,17,18). The topological polar surface area (TPSA) is 62.2 Å². The predicted molar refractivity (Wildman–Crippen MR) is 77.4 cm³/mol. The average Bonchev–Trinajstić information content (AvgIpc) is 2.64. The molecule has 0 unspecified atom stereocenters. The lowest BCUT2D eigenvalue weighted by atomic mass is 10.1. The van der Waals surface area contributed by atoms with Crippen molar-refractivity contribution < 1.29 is 9.90 Å². The van der Waals surface area contributed by atoms with Gasteiger partial charge in [0.15, 0.2) is 5.13 Å². The van der Waals surface area contributed by atoms with Gasteiger partial charge >= 0.3 is 5.97 Å². The van der Waals surface area contributed by atoms with Crippen LogP contribution in [-0.2, 0) is 11.2 Å². The van der Waals surface area contributed by atoms with Crippen molar-refractivity contribution in [2.45, 2.75) is 27.2 Å². The molecule has 2 aromatic rings. The second-order valence-corrected chi connectivity index (χ2v) is 5.61. The Bertz CT molecular complexity index is 620. The molecule has 0 saturated heterocycles. The number of nitrogens with zero attached hydrogens (tertiary/aromatic N) is 1. The quantitative estimate of drug-likeness (QED) is 0.898. The molecular formula is C14H16N2O2S. The van der Waals surface area contributed by atoms with Crippen LogP contribution in [0.25, 0.3) is 0 Å². The Kier molecular flexibility index (Phi) is 3.85. The van der Waals surface area contributed by atoms with Gasteiger partial charge in [-0.3, -0.25) is 4.79 Å². The van der Waals surface area contributed by atoms with Crippen LogP contribution in [0.15, 0.2) is 18.2 Å². The van der Waals surface area contributed by atoms with E-state index in [1.54, 1.807) is 0 Å². The number of thiazole rings is 1. The van der Waals surface area contributed by atoms with Crippen LogP contribution in [0.2, 0.25) is 0 Å². The first-order valence-electron chi connectivity index (χ1n) is 5.98. The van der Waals surface area contributed by atoms with Gasteiger partial charge in [-0.1, -0.05) is 6.07 Å². The summed E-state index contributed by atoms with van der Waals surface area (Å²) in [5.74, 6) is -0.829. The number of benzene rings is 1. The minimum Gasteiger partial charge on any atom is -0.481 e. The van der Waals surface area contributed by atoms with Gasteiger partial charge in [-0.25, -0.2) is 4.98 Å². The molecule has 0 amide bonds. The highest BCUT2D eigenvalue weighted by Gasteiger charge is 2.11. The van der Waals surface area contributed by atoms with Gasteiger partial charge in [0.05, 0.1) is 12.1 Å². The number of anilines is 2. The Balaban J connectivity index is 2.19. The number of hydrogen-bond acceptors (Lipinski definition) is 4. The molecule has 100 valence electrons. The Morgan fingerprint density at radius 2 is 2.05 bits per heavy atom. The minimum absolute atomic E-state index is 0.0259. The highest BCUT2D eigenvalue weighted by Crippen LogP contribution is 2.27. The largest absolute Gasteiger partial charge is 0.481 e. The Hall–Kier alpha value is -1.88. The zero-order chi connectivity index (χ0) is 14.0. The van der Waals surface area contributed by atoms with E-state index >= 15 is 0 Å². The predicted octanol–water partition coefficient (Wildman–Crippen LogP) is 3.44. The van der Waals surface area contributed by atoms with Gasteiger partial charge in [0.1, 0.15) is 0 Å². The molecule has 0 aliphatic rings. The smallest absolute Gasteiger partial charge is 0.308 e. The van der Waals surface area contributed by atoms with Crippen molar-refractivity contribution in [3.8, 4) is 0 Å². The highest BCUT2D eigenvalue weighted by molar-refractivity contribution is 7.15. The normalized spacial score (nSPS) is 10.5. The highest BCUT2D eigenvalue weighted by atomic mass is 32.1. The first kappa shape index (κ1) is 13.5. The van der Waals surface area contributed by atoms with Gasteiger partial charge in [-0.15, -0.1) is 11.3 Å². The Labute approximate surface area is 116 Å². The van der Waals surface area contributed by atoms with Crippen molar-refractivity contribution in [2.75, 3.05) is 5.32 Å². The number of hydrogen-bond donors (Lipinski definition) is 2. The second kappa shape index (κ2) is 5.40. The van der Waals surface area contributed by atoms with Crippen LogP contribution in [0.3, 0.4) is 0 Å². The number of nitrogens with one attached hydrogen (secondary N) is 1. The molecule has 1 aromatic heterocycles. The number of carboxylic acids is 1. The van der Waals surface area contributed by atoms with E-state index in [9.17, 15) is 4.79 Å². The van der Waals surface area contributed by atoms with E-state index in [1.807, 2.05) is 13.0 Å². The molecular weight excluding hydrogens is 260 g/mol. The number of aliphatic carboxylic acids is 1. The van der Waals surface area contributed by atoms with Gasteiger partial charge in [0.25, 0.3) is 0 Å². The third-order valence-corrected chi connectivity index (χ3v) is 4.04. The minimum atomic E-state index is -0.829. The Morgan fingerprint density at radius 1 is 1.32 bits per heavy atom. The van der Waals surface area contributed by atoms with Gasteiger partial charge in [-0.2, -0.15) is 0 Å². The molecule has 2 rings (SSSR count). The van der Waals surface area contributed by atoms with E-state index in [-0.39, 0.29) is 6.42 Å². The molecule has 0 atom stereocenters. The summed E-state index contributed by atoms with van der Waals surface area (Å²) in [6.45, 7) is 5.96. The molecule has 0 fully saturated rings. The summed E-state index contributed by atoms with van der Waals surface area (Å²) in [7, 11) is 0. The lowest BCUT2D eigenvalue weighted by Crippen LogP contribution is -1.99. The molecule has 1 heterocycles. The third kappa shape index (κ3) is 3.32. The summed E-state index contributed by atoms with van der Waals surface area (Å²) in [6, 6.07) is 6.11. The van der Waals surface area contributed by atoms with Gasteiger partial charge < -0.3 is 10.4 Å². The fraction of sp³-hybridized carbons (Fsp3) is 0.286. The number of carboxylic acid groups (broad SMARTS) is 1. The molecule has 0 saturated carbocycles. The van der Waals surface area contributed by atoms with Crippen LogP contribution >= 0.6 is 11.3 Å². The molecule has 19 heavy (non-hydrogen) atoms. The summed E-state index contributed by atoms with van der Waals surface area (Å²) < 4.78 is 0. The van der Waals surface area contributed by atoms with Crippen molar-refractivity contribution in [3.05, 3.63) is 39.9 Å². The van der Waals surface area contributed by atoms with Crippen LogP contribution in [0.1, 0.15) is 21.7 Å². The maximum atomic E-state index is 10.7. The van der Waals surface area contributed by atoms with Crippen molar-refractivity contribution in [3.63, 3.8) is 0 Å². The van der Waals surface area contributed by atoms with Crippen LogP contribution in [-0.4, -0.2) is 16.1 Å². The van der Waals surface area contributed by atoms with E-state index in [0.29, 0.717) is 0 Å². The molecule has 1 aromatic carbocycles. The van der Waals surface area contributed by atoms with Gasteiger partial charge in [0, 0.05) is 10.6 Å². The molecule has 0 bridgehead atoms. The van der Waals surface area contributed by atoms with Crippen molar-refractivity contribution in [1.82, 2.24) is 4.98 Å².